The Kier molecular flexibility index (Phi) is 4.78. The third-order valence-corrected chi connectivity index (χ3v) is 6.44. The van der Waals surface area contributed by atoms with Crippen molar-refractivity contribution in [1.82, 2.24) is 0 Å². The molecule has 5 atom stereocenters. The summed E-state index contributed by atoms with van der Waals surface area (Å²) in [5.74, 6) is -2.16. The molecule has 0 aliphatic heterocycles. The monoisotopic (exact) mass is 390 g/mol. The van der Waals surface area contributed by atoms with Gasteiger partial charge >= 0.3 is 11.9 Å². The SMILES string of the molecule is C=C(C)C(=O)OC1c2c(C)coc2C(=O)C2(O)C(OC(C)=O)CCC(C)C12C. The van der Waals surface area contributed by atoms with E-state index in [9.17, 15) is 19.5 Å². The number of carbonyl (C=O) groups excluding carboxylic acids is 3. The molecule has 2 aliphatic carbocycles. The Hall–Kier alpha value is -2.41. The van der Waals surface area contributed by atoms with Gasteiger partial charge in [0.25, 0.3) is 0 Å². The van der Waals surface area contributed by atoms with E-state index in [1.807, 2.05) is 6.92 Å². The Morgan fingerprint density at radius 3 is 2.50 bits per heavy atom. The molecule has 1 fully saturated rings. The van der Waals surface area contributed by atoms with Gasteiger partial charge < -0.3 is 19.0 Å². The number of ketones is 1. The predicted molar refractivity (Wildman–Crippen MR) is 98.4 cm³/mol. The Morgan fingerprint density at radius 2 is 1.93 bits per heavy atom. The first-order chi connectivity index (χ1) is 13.0. The molecule has 152 valence electrons. The molecule has 0 bridgehead atoms. The van der Waals surface area contributed by atoms with Crippen molar-refractivity contribution < 1.29 is 33.4 Å². The number of fused-ring (bicyclic) bond motifs is 2. The lowest BCUT2D eigenvalue weighted by molar-refractivity contribution is -0.229. The maximum atomic E-state index is 13.4. The Labute approximate surface area is 163 Å². The van der Waals surface area contributed by atoms with E-state index in [1.165, 1.54) is 20.1 Å². The highest BCUT2D eigenvalue weighted by Crippen LogP contribution is 2.61. The highest BCUT2D eigenvalue weighted by atomic mass is 16.6. The summed E-state index contributed by atoms with van der Waals surface area (Å²) in [6, 6.07) is 0. The molecule has 3 rings (SSSR count). The lowest BCUT2D eigenvalue weighted by Crippen LogP contribution is -2.70. The van der Waals surface area contributed by atoms with Gasteiger partial charge in [-0.15, -0.1) is 0 Å². The van der Waals surface area contributed by atoms with Gasteiger partial charge in [-0.25, -0.2) is 4.79 Å². The Balaban J connectivity index is 2.26. The average molecular weight is 390 g/mol. The normalized spacial score (nSPS) is 34.2. The predicted octanol–water partition coefficient (Wildman–Crippen LogP) is 3.04. The summed E-state index contributed by atoms with van der Waals surface area (Å²) < 4.78 is 16.6. The van der Waals surface area contributed by atoms with Crippen molar-refractivity contribution in [3.05, 3.63) is 35.3 Å². The van der Waals surface area contributed by atoms with Crippen LogP contribution in [-0.2, 0) is 19.1 Å². The Morgan fingerprint density at radius 1 is 1.29 bits per heavy atom. The van der Waals surface area contributed by atoms with Crippen LogP contribution in [0.1, 0.15) is 68.3 Å². The second kappa shape index (κ2) is 6.58. The summed E-state index contributed by atoms with van der Waals surface area (Å²) in [7, 11) is 0. The molecule has 0 saturated heterocycles. The van der Waals surface area contributed by atoms with Crippen molar-refractivity contribution in [3.8, 4) is 0 Å². The number of Topliss-reactive ketones (excluding diaryl/α,β-unsaturated/α-hetero) is 1. The quantitative estimate of drug-likeness (QED) is 0.625. The van der Waals surface area contributed by atoms with Gasteiger partial charge in [0.05, 0.1) is 11.7 Å². The van der Waals surface area contributed by atoms with Crippen molar-refractivity contribution in [3.63, 3.8) is 0 Å². The van der Waals surface area contributed by atoms with E-state index in [2.05, 4.69) is 6.58 Å². The smallest absolute Gasteiger partial charge is 0.333 e. The molecule has 28 heavy (non-hydrogen) atoms. The molecule has 2 aliphatic rings. The number of ether oxygens (including phenoxy) is 2. The summed E-state index contributed by atoms with van der Waals surface area (Å²) in [5, 5.41) is 11.8. The number of carbonyl (C=O) groups is 3. The fourth-order valence-corrected chi connectivity index (χ4v) is 4.64. The molecule has 5 unspecified atom stereocenters. The second-order valence-corrected chi connectivity index (χ2v) is 8.18. The molecule has 1 saturated carbocycles. The van der Waals surface area contributed by atoms with Crippen LogP contribution in [0.15, 0.2) is 22.8 Å². The van der Waals surface area contributed by atoms with Gasteiger partial charge in [0.15, 0.2) is 11.4 Å². The maximum absolute atomic E-state index is 13.4. The summed E-state index contributed by atoms with van der Waals surface area (Å²) in [4.78, 5) is 37.5. The minimum absolute atomic E-state index is 0.0664. The van der Waals surface area contributed by atoms with Crippen LogP contribution in [0.25, 0.3) is 0 Å². The van der Waals surface area contributed by atoms with Crippen LogP contribution in [0.4, 0.5) is 0 Å². The number of esters is 2. The van der Waals surface area contributed by atoms with Crippen LogP contribution in [0.3, 0.4) is 0 Å². The number of rotatable bonds is 3. The maximum Gasteiger partial charge on any atom is 0.333 e. The van der Waals surface area contributed by atoms with E-state index in [4.69, 9.17) is 13.9 Å². The van der Waals surface area contributed by atoms with Crippen LogP contribution >= 0.6 is 0 Å². The summed E-state index contributed by atoms with van der Waals surface area (Å²) in [6.45, 7) is 11.7. The van der Waals surface area contributed by atoms with Crippen LogP contribution < -0.4 is 0 Å². The number of aryl methyl sites for hydroxylation is 1. The van der Waals surface area contributed by atoms with Crippen LogP contribution in [-0.4, -0.2) is 34.5 Å². The number of furan rings is 1. The minimum atomic E-state index is -2.09. The standard InChI is InChI=1S/C21H26O7/c1-10(2)19(24)28-18-15-11(3)9-26-16(15)17(23)21(25)14(27-13(5)22)8-7-12(4)20(18,21)6/h9,12,14,18,25H,1,7-8H2,2-6H3. The molecule has 1 N–H and O–H groups in total. The van der Waals surface area contributed by atoms with E-state index in [0.29, 0.717) is 24.0 Å². The molecule has 0 aromatic carbocycles. The van der Waals surface area contributed by atoms with Crippen molar-refractivity contribution in [1.29, 1.82) is 0 Å². The molecule has 0 spiro atoms. The highest BCUT2D eigenvalue weighted by molar-refractivity contribution is 6.05. The van der Waals surface area contributed by atoms with E-state index < -0.39 is 40.9 Å². The van der Waals surface area contributed by atoms with Gasteiger partial charge in [-0.1, -0.05) is 20.4 Å². The zero-order chi connectivity index (χ0) is 21.0. The van der Waals surface area contributed by atoms with E-state index in [-0.39, 0.29) is 17.3 Å². The topological polar surface area (TPSA) is 103 Å². The van der Waals surface area contributed by atoms with E-state index in [1.54, 1.807) is 13.8 Å². The minimum Gasteiger partial charge on any atom is -0.460 e. The zero-order valence-corrected chi connectivity index (χ0v) is 16.8. The molecule has 1 aromatic heterocycles. The van der Waals surface area contributed by atoms with Crippen LogP contribution in [0.2, 0.25) is 0 Å². The first-order valence-electron chi connectivity index (χ1n) is 9.35. The second-order valence-electron chi connectivity index (χ2n) is 8.18. The van der Waals surface area contributed by atoms with E-state index >= 15 is 0 Å². The summed E-state index contributed by atoms with van der Waals surface area (Å²) in [6.07, 6.45) is 0.274. The van der Waals surface area contributed by atoms with Gasteiger partial charge in [0.2, 0.25) is 5.78 Å². The number of aliphatic hydroxyl groups is 1. The van der Waals surface area contributed by atoms with Crippen molar-refractivity contribution in [2.75, 3.05) is 0 Å². The van der Waals surface area contributed by atoms with Gasteiger partial charge in [-0.05, 0) is 38.2 Å². The molecule has 1 aromatic rings. The van der Waals surface area contributed by atoms with Crippen LogP contribution in [0, 0.1) is 18.3 Å². The first-order valence-corrected chi connectivity index (χ1v) is 9.35. The Bertz CT molecular complexity index is 866. The molecule has 1 heterocycles. The first kappa shape index (κ1) is 20.3. The van der Waals surface area contributed by atoms with Gasteiger partial charge in [-0.2, -0.15) is 0 Å². The van der Waals surface area contributed by atoms with Crippen molar-refractivity contribution in [2.45, 2.75) is 65.3 Å². The lowest BCUT2D eigenvalue weighted by atomic mass is 9.50. The molecular formula is C21H26O7. The van der Waals surface area contributed by atoms with Crippen LogP contribution in [0.5, 0.6) is 0 Å². The zero-order valence-electron chi connectivity index (χ0n) is 16.8. The third kappa shape index (κ3) is 2.56. The van der Waals surface area contributed by atoms with Crippen molar-refractivity contribution >= 4 is 17.7 Å². The highest BCUT2D eigenvalue weighted by Gasteiger charge is 2.71. The summed E-state index contributed by atoms with van der Waals surface area (Å²) in [5.41, 5.74) is -2.02. The fourth-order valence-electron chi connectivity index (χ4n) is 4.64. The largest absolute Gasteiger partial charge is 0.460 e. The lowest BCUT2D eigenvalue weighted by Gasteiger charge is -2.58. The van der Waals surface area contributed by atoms with Crippen molar-refractivity contribution in [2.24, 2.45) is 11.3 Å². The number of hydrogen-bond acceptors (Lipinski definition) is 7. The summed E-state index contributed by atoms with van der Waals surface area (Å²) >= 11 is 0. The van der Waals surface area contributed by atoms with Gasteiger partial charge in [-0.3, -0.25) is 9.59 Å². The molecular weight excluding hydrogens is 364 g/mol. The number of hydrogen-bond donors (Lipinski definition) is 1. The molecule has 7 heteroatoms. The average Bonchev–Trinajstić information content (AvgIpc) is 2.99. The van der Waals surface area contributed by atoms with E-state index in [0.717, 1.165) is 0 Å². The molecule has 0 amide bonds. The molecule has 0 radical (unpaired) electrons. The third-order valence-electron chi connectivity index (χ3n) is 6.44. The fraction of sp³-hybridized carbons (Fsp3) is 0.571. The molecule has 7 nitrogen and oxygen atoms in total. The van der Waals surface area contributed by atoms with Gasteiger partial charge in [0.1, 0.15) is 12.2 Å². The van der Waals surface area contributed by atoms with Gasteiger partial charge in [0, 0.05) is 18.1 Å².